The fourth-order valence-electron chi connectivity index (χ4n) is 3.03. The lowest BCUT2D eigenvalue weighted by Crippen LogP contribution is -2.45. The summed E-state index contributed by atoms with van der Waals surface area (Å²) < 4.78 is 0. The average molecular weight is 253 g/mol. The number of aromatic nitrogens is 1. The topological polar surface area (TPSA) is 54.0 Å². The standard InChI is InChI=1S/C15H15N3O/c19-14-15(6-3-7-15)9-17-13-10-4-1-2-5-11(10)16-8-12(13)18-14/h1-2,4-5,8,17H,3,6-7,9H2,(H,18,19). The molecule has 4 nitrogen and oxygen atoms in total. The Hall–Kier alpha value is -2.10. The second-order valence-corrected chi connectivity index (χ2v) is 5.51. The lowest BCUT2D eigenvalue weighted by Gasteiger charge is -2.38. The average Bonchev–Trinajstić information content (AvgIpc) is 2.54. The molecule has 1 amide bonds. The summed E-state index contributed by atoms with van der Waals surface area (Å²) in [5.41, 5.74) is 2.54. The molecular formula is C15H15N3O. The smallest absolute Gasteiger partial charge is 0.232 e. The Morgan fingerprint density at radius 2 is 2.05 bits per heavy atom. The van der Waals surface area contributed by atoms with Crippen LogP contribution in [0.2, 0.25) is 0 Å². The second kappa shape index (κ2) is 3.70. The lowest BCUT2D eigenvalue weighted by atomic mass is 9.68. The molecule has 1 spiro atoms. The Morgan fingerprint density at radius 1 is 1.21 bits per heavy atom. The van der Waals surface area contributed by atoms with Gasteiger partial charge in [-0.15, -0.1) is 0 Å². The number of nitrogens with zero attached hydrogens (tertiary/aromatic N) is 1. The van der Waals surface area contributed by atoms with Crippen LogP contribution in [0.3, 0.4) is 0 Å². The highest BCUT2D eigenvalue weighted by atomic mass is 16.2. The fraction of sp³-hybridized carbons (Fsp3) is 0.333. The molecule has 2 heterocycles. The van der Waals surface area contributed by atoms with Gasteiger partial charge in [0.05, 0.1) is 28.5 Å². The first kappa shape index (κ1) is 10.8. The molecule has 4 heteroatoms. The Morgan fingerprint density at radius 3 is 2.84 bits per heavy atom. The van der Waals surface area contributed by atoms with E-state index in [0.29, 0.717) is 0 Å². The Labute approximate surface area is 111 Å². The van der Waals surface area contributed by atoms with Gasteiger partial charge in [-0.2, -0.15) is 0 Å². The molecule has 96 valence electrons. The summed E-state index contributed by atoms with van der Waals surface area (Å²) in [5.74, 6) is 0.141. The van der Waals surface area contributed by atoms with Crippen LogP contribution in [-0.4, -0.2) is 17.4 Å². The molecule has 0 bridgehead atoms. The van der Waals surface area contributed by atoms with Crippen molar-refractivity contribution < 1.29 is 4.79 Å². The van der Waals surface area contributed by atoms with Gasteiger partial charge in [-0.3, -0.25) is 9.78 Å². The summed E-state index contributed by atoms with van der Waals surface area (Å²) >= 11 is 0. The number of carbonyl (C=O) groups is 1. The van der Waals surface area contributed by atoms with Crippen molar-refractivity contribution in [1.82, 2.24) is 4.98 Å². The molecule has 1 saturated carbocycles. The minimum absolute atomic E-state index is 0.141. The van der Waals surface area contributed by atoms with E-state index in [2.05, 4.69) is 15.6 Å². The number of benzene rings is 1. The molecular weight excluding hydrogens is 238 g/mol. The molecule has 1 fully saturated rings. The largest absolute Gasteiger partial charge is 0.382 e. The quantitative estimate of drug-likeness (QED) is 0.759. The van der Waals surface area contributed by atoms with E-state index in [4.69, 9.17) is 0 Å². The Kier molecular flexibility index (Phi) is 2.10. The summed E-state index contributed by atoms with van der Waals surface area (Å²) in [7, 11) is 0. The van der Waals surface area contributed by atoms with Crippen LogP contribution in [-0.2, 0) is 4.79 Å². The van der Waals surface area contributed by atoms with Gasteiger partial charge < -0.3 is 10.6 Å². The van der Waals surface area contributed by atoms with Crippen molar-refractivity contribution in [1.29, 1.82) is 0 Å². The number of anilines is 2. The maximum absolute atomic E-state index is 12.3. The highest BCUT2D eigenvalue weighted by molar-refractivity contribution is 6.06. The molecule has 1 aliphatic heterocycles. The molecule has 0 atom stereocenters. The van der Waals surface area contributed by atoms with Crippen LogP contribution in [0.4, 0.5) is 11.4 Å². The number of hydrogen-bond acceptors (Lipinski definition) is 3. The van der Waals surface area contributed by atoms with Crippen molar-refractivity contribution in [3.8, 4) is 0 Å². The number of amides is 1. The van der Waals surface area contributed by atoms with Gasteiger partial charge in [0.15, 0.2) is 0 Å². The zero-order valence-electron chi connectivity index (χ0n) is 10.6. The number of hydrogen-bond donors (Lipinski definition) is 2. The number of nitrogens with one attached hydrogen (secondary N) is 2. The van der Waals surface area contributed by atoms with Crippen LogP contribution < -0.4 is 10.6 Å². The molecule has 1 aromatic carbocycles. The van der Waals surface area contributed by atoms with Crippen molar-refractivity contribution in [3.63, 3.8) is 0 Å². The molecule has 2 N–H and O–H groups in total. The third-order valence-electron chi connectivity index (χ3n) is 4.42. The Bertz CT molecular complexity index is 676. The van der Waals surface area contributed by atoms with Crippen LogP contribution in [0.15, 0.2) is 30.5 Å². The molecule has 19 heavy (non-hydrogen) atoms. The third kappa shape index (κ3) is 1.46. The van der Waals surface area contributed by atoms with E-state index >= 15 is 0 Å². The van der Waals surface area contributed by atoms with Gasteiger partial charge >= 0.3 is 0 Å². The minimum Gasteiger partial charge on any atom is -0.382 e. The molecule has 1 aliphatic carbocycles. The van der Waals surface area contributed by atoms with E-state index in [1.54, 1.807) is 6.20 Å². The molecule has 2 aliphatic rings. The van der Waals surface area contributed by atoms with Crippen molar-refractivity contribution >= 4 is 28.2 Å². The van der Waals surface area contributed by atoms with E-state index in [1.807, 2.05) is 24.3 Å². The predicted octanol–water partition coefficient (Wildman–Crippen LogP) is 2.77. The first-order valence-electron chi connectivity index (χ1n) is 6.72. The highest BCUT2D eigenvalue weighted by Crippen LogP contribution is 2.45. The zero-order chi connectivity index (χ0) is 12.9. The van der Waals surface area contributed by atoms with Crippen LogP contribution >= 0.6 is 0 Å². The number of carbonyl (C=O) groups excluding carboxylic acids is 1. The normalized spacial score (nSPS) is 20.1. The first-order valence-corrected chi connectivity index (χ1v) is 6.72. The van der Waals surface area contributed by atoms with Crippen molar-refractivity contribution in [3.05, 3.63) is 30.5 Å². The lowest BCUT2D eigenvalue weighted by molar-refractivity contribution is -0.129. The number of fused-ring (bicyclic) bond motifs is 3. The van der Waals surface area contributed by atoms with Crippen LogP contribution in [0.25, 0.3) is 10.9 Å². The second-order valence-electron chi connectivity index (χ2n) is 5.51. The van der Waals surface area contributed by atoms with E-state index in [9.17, 15) is 4.79 Å². The van der Waals surface area contributed by atoms with Crippen molar-refractivity contribution in [2.75, 3.05) is 17.2 Å². The monoisotopic (exact) mass is 253 g/mol. The molecule has 0 saturated heterocycles. The van der Waals surface area contributed by atoms with Crippen LogP contribution in [0, 0.1) is 5.41 Å². The van der Waals surface area contributed by atoms with Gasteiger partial charge in [-0.25, -0.2) is 0 Å². The van der Waals surface area contributed by atoms with Gasteiger partial charge in [0.2, 0.25) is 5.91 Å². The molecule has 4 rings (SSSR count). The predicted molar refractivity (Wildman–Crippen MR) is 75.1 cm³/mol. The maximum Gasteiger partial charge on any atom is 0.232 e. The molecule has 0 radical (unpaired) electrons. The summed E-state index contributed by atoms with van der Waals surface area (Å²) in [6.07, 6.45) is 4.85. The van der Waals surface area contributed by atoms with Gasteiger partial charge in [-0.05, 0) is 18.9 Å². The summed E-state index contributed by atoms with van der Waals surface area (Å²) in [4.78, 5) is 16.7. The van der Waals surface area contributed by atoms with E-state index < -0.39 is 0 Å². The van der Waals surface area contributed by atoms with Crippen molar-refractivity contribution in [2.45, 2.75) is 19.3 Å². The highest BCUT2D eigenvalue weighted by Gasteiger charge is 2.45. The molecule has 2 aromatic rings. The van der Waals surface area contributed by atoms with Crippen molar-refractivity contribution in [2.24, 2.45) is 5.41 Å². The van der Waals surface area contributed by atoms with Crippen LogP contribution in [0.5, 0.6) is 0 Å². The van der Waals surface area contributed by atoms with Gasteiger partial charge in [-0.1, -0.05) is 24.6 Å². The maximum atomic E-state index is 12.3. The molecule has 1 aromatic heterocycles. The summed E-state index contributed by atoms with van der Waals surface area (Å²) in [6, 6.07) is 8.00. The zero-order valence-corrected chi connectivity index (χ0v) is 10.6. The van der Waals surface area contributed by atoms with Gasteiger partial charge in [0.1, 0.15) is 0 Å². The summed E-state index contributed by atoms with van der Waals surface area (Å²) in [5, 5.41) is 7.58. The van der Waals surface area contributed by atoms with E-state index in [1.165, 1.54) is 0 Å². The number of rotatable bonds is 0. The Balaban J connectivity index is 1.86. The van der Waals surface area contributed by atoms with Gasteiger partial charge in [0.25, 0.3) is 0 Å². The number of pyridine rings is 1. The van der Waals surface area contributed by atoms with E-state index in [-0.39, 0.29) is 11.3 Å². The fourth-order valence-corrected chi connectivity index (χ4v) is 3.03. The van der Waals surface area contributed by atoms with Gasteiger partial charge in [0, 0.05) is 11.9 Å². The van der Waals surface area contributed by atoms with Crippen LogP contribution in [0.1, 0.15) is 19.3 Å². The van der Waals surface area contributed by atoms with E-state index in [0.717, 1.165) is 48.1 Å². The third-order valence-corrected chi connectivity index (χ3v) is 4.42. The molecule has 0 unspecified atom stereocenters. The summed E-state index contributed by atoms with van der Waals surface area (Å²) in [6.45, 7) is 0.722. The minimum atomic E-state index is -0.208. The first-order chi connectivity index (χ1) is 9.28. The SMILES string of the molecule is O=C1Nc2cnc3ccccc3c2NCC12CCC2. The number of para-hydroxylation sites is 1.